The maximum atomic E-state index is 13.2. The Bertz CT molecular complexity index is 536. The van der Waals surface area contributed by atoms with Crippen LogP contribution >= 0.6 is 0 Å². The Morgan fingerprint density at radius 2 is 2.25 bits per heavy atom. The van der Waals surface area contributed by atoms with Gasteiger partial charge in [0, 0.05) is 13.6 Å². The maximum Gasteiger partial charge on any atom is 0.339 e. The summed E-state index contributed by atoms with van der Waals surface area (Å²) in [5, 5.41) is 11.7. The lowest BCUT2D eigenvalue weighted by Crippen LogP contribution is -2.49. The van der Waals surface area contributed by atoms with Crippen LogP contribution in [0.5, 0.6) is 0 Å². The molecule has 2 rings (SSSR count). The average molecular weight is 281 g/mol. The first-order valence-corrected chi connectivity index (χ1v) is 6.41. The van der Waals surface area contributed by atoms with Gasteiger partial charge in [0.15, 0.2) is 0 Å². The van der Waals surface area contributed by atoms with Gasteiger partial charge in [-0.1, -0.05) is 0 Å². The molecule has 1 unspecified atom stereocenters. The Morgan fingerprint density at radius 1 is 1.50 bits per heavy atom. The summed E-state index contributed by atoms with van der Waals surface area (Å²) in [5.74, 6) is -2.01. The first-order chi connectivity index (χ1) is 9.54. The van der Waals surface area contributed by atoms with E-state index in [0.717, 1.165) is 25.1 Å². The Hall–Kier alpha value is -2.18. The number of aromatic carboxylic acids is 1. The second-order valence-corrected chi connectivity index (χ2v) is 4.65. The van der Waals surface area contributed by atoms with Gasteiger partial charge in [-0.25, -0.2) is 14.2 Å². The molecule has 1 atom stereocenters. The van der Waals surface area contributed by atoms with Gasteiger partial charge in [-0.05, 0) is 25.3 Å². The highest BCUT2D eigenvalue weighted by Crippen LogP contribution is 2.26. The number of piperidine rings is 1. The van der Waals surface area contributed by atoms with Gasteiger partial charge in [-0.15, -0.1) is 0 Å². The van der Waals surface area contributed by atoms with Crippen molar-refractivity contribution in [3.8, 4) is 0 Å². The van der Waals surface area contributed by atoms with Crippen molar-refractivity contribution in [1.29, 1.82) is 0 Å². The monoisotopic (exact) mass is 281 g/mol. The fourth-order valence-corrected chi connectivity index (χ4v) is 2.44. The fourth-order valence-electron chi connectivity index (χ4n) is 2.44. The zero-order valence-corrected chi connectivity index (χ0v) is 11.1. The number of pyridine rings is 1. The second kappa shape index (κ2) is 5.85. The van der Waals surface area contributed by atoms with Crippen molar-refractivity contribution in [3.05, 3.63) is 23.6 Å². The zero-order valence-electron chi connectivity index (χ0n) is 11.1. The van der Waals surface area contributed by atoms with Crippen LogP contribution in [0.25, 0.3) is 0 Å². The van der Waals surface area contributed by atoms with Crippen molar-refractivity contribution in [3.63, 3.8) is 0 Å². The molecule has 2 heterocycles. The summed E-state index contributed by atoms with van der Waals surface area (Å²) in [6, 6.07) is 0.463. The fraction of sp³-hybridized carbons (Fsp3) is 0.462. The second-order valence-electron chi connectivity index (χ2n) is 4.65. The van der Waals surface area contributed by atoms with Crippen LogP contribution in [0.15, 0.2) is 12.3 Å². The third-order valence-electron chi connectivity index (χ3n) is 3.39. The number of likely N-dealkylation sites (N-methyl/N-ethyl adjacent to an activating group) is 1. The third-order valence-corrected chi connectivity index (χ3v) is 3.39. The van der Waals surface area contributed by atoms with E-state index in [0.29, 0.717) is 13.0 Å². The SMILES string of the molecule is CNC(=O)C1CCCCN1c1ncc(F)cc1C(=O)O. The van der Waals surface area contributed by atoms with Gasteiger partial charge < -0.3 is 15.3 Å². The van der Waals surface area contributed by atoms with E-state index in [-0.39, 0.29) is 17.3 Å². The number of carbonyl (C=O) groups is 2. The normalized spacial score (nSPS) is 18.7. The Morgan fingerprint density at radius 3 is 2.90 bits per heavy atom. The number of nitrogens with zero attached hydrogens (tertiary/aromatic N) is 2. The van der Waals surface area contributed by atoms with E-state index in [1.807, 2.05) is 0 Å². The van der Waals surface area contributed by atoms with Gasteiger partial charge >= 0.3 is 5.97 Å². The molecular weight excluding hydrogens is 265 g/mol. The van der Waals surface area contributed by atoms with Gasteiger partial charge in [-0.2, -0.15) is 0 Å². The number of carbonyl (C=O) groups excluding carboxylic acids is 1. The summed E-state index contributed by atoms with van der Waals surface area (Å²) in [6.07, 6.45) is 3.32. The van der Waals surface area contributed by atoms with Crippen LogP contribution in [-0.4, -0.2) is 41.6 Å². The number of anilines is 1. The molecule has 20 heavy (non-hydrogen) atoms. The number of rotatable bonds is 3. The van der Waals surface area contributed by atoms with E-state index < -0.39 is 17.8 Å². The highest BCUT2D eigenvalue weighted by atomic mass is 19.1. The molecule has 0 saturated carbocycles. The van der Waals surface area contributed by atoms with E-state index in [1.165, 1.54) is 7.05 Å². The van der Waals surface area contributed by atoms with Crippen LogP contribution in [-0.2, 0) is 4.79 Å². The van der Waals surface area contributed by atoms with Crippen LogP contribution in [0.4, 0.5) is 10.2 Å². The summed E-state index contributed by atoms with van der Waals surface area (Å²) in [5.41, 5.74) is -0.221. The molecule has 1 saturated heterocycles. The smallest absolute Gasteiger partial charge is 0.339 e. The summed E-state index contributed by atoms with van der Waals surface area (Å²) in [7, 11) is 1.53. The van der Waals surface area contributed by atoms with Crippen molar-refractivity contribution in [2.24, 2.45) is 0 Å². The van der Waals surface area contributed by atoms with Crippen LogP contribution in [0.3, 0.4) is 0 Å². The molecule has 6 nitrogen and oxygen atoms in total. The van der Waals surface area contributed by atoms with E-state index in [2.05, 4.69) is 10.3 Å². The minimum Gasteiger partial charge on any atom is -0.478 e. The summed E-state index contributed by atoms with van der Waals surface area (Å²) < 4.78 is 13.2. The Balaban J connectivity index is 2.42. The molecule has 1 fully saturated rings. The van der Waals surface area contributed by atoms with Gasteiger partial charge in [0.25, 0.3) is 0 Å². The molecule has 0 bridgehead atoms. The highest BCUT2D eigenvalue weighted by molar-refractivity contribution is 5.95. The largest absolute Gasteiger partial charge is 0.478 e. The number of hydrogen-bond acceptors (Lipinski definition) is 4. The number of carboxylic acids is 1. The first kappa shape index (κ1) is 14.2. The van der Waals surface area contributed by atoms with Crippen LogP contribution < -0.4 is 10.2 Å². The van der Waals surface area contributed by atoms with Crippen LogP contribution in [0.1, 0.15) is 29.6 Å². The van der Waals surface area contributed by atoms with Crippen molar-refractivity contribution < 1.29 is 19.1 Å². The lowest BCUT2D eigenvalue weighted by atomic mass is 10.0. The van der Waals surface area contributed by atoms with E-state index in [9.17, 15) is 14.0 Å². The molecule has 0 spiro atoms. The molecular formula is C13H16FN3O3. The van der Waals surface area contributed by atoms with E-state index in [4.69, 9.17) is 5.11 Å². The van der Waals surface area contributed by atoms with Gasteiger partial charge in [-0.3, -0.25) is 4.79 Å². The van der Waals surface area contributed by atoms with Gasteiger partial charge in [0.1, 0.15) is 23.2 Å². The lowest BCUT2D eigenvalue weighted by Gasteiger charge is -2.35. The van der Waals surface area contributed by atoms with Gasteiger partial charge in [0.05, 0.1) is 6.20 Å². The van der Waals surface area contributed by atoms with Crippen molar-refractivity contribution in [1.82, 2.24) is 10.3 Å². The number of nitrogens with one attached hydrogen (secondary N) is 1. The average Bonchev–Trinajstić information content (AvgIpc) is 2.46. The van der Waals surface area contributed by atoms with E-state index in [1.54, 1.807) is 4.90 Å². The number of halogens is 1. The molecule has 0 aliphatic carbocycles. The maximum absolute atomic E-state index is 13.2. The van der Waals surface area contributed by atoms with Crippen LogP contribution in [0, 0.1) is 5.82 Å². The molecule has 0 aromatic carbocycles. The standard InChI is InChI=1S/C13H16FN3O3/c1-15-12(18)10-4-2-3-5-17(10)11-9(13(19)20)6-8(14)7-16-11/h6-7,10H,2-5H2,1H3,(H,15,18)(H,19,20). The van der Waals surface area contributed by atoms with Crippen molar-refractivity contribution in [2.45, 2.75) is 25.3 Å². The molecule has 108 valence electrons. The number of aromatic nitrogens is 1. The predicted molar refractivity (Wildman–Crippen MR) is 70.2 cm³/mol. The Kier molecular flexibility index (Phi) is 4.16. The molecule has 1 aliphatic rings. The van der Waals surface area contributed by atoms with E-state index >= 15 is 0 Å². The summed E-state index contributed by atoms with van der Waals surface area (Å²) in [4.78, 5) is 28.6. The molecule has 2 N–H and O–H groups in total. The Labute approximate surface area is 115 Å². The number of hydrogen-bond donors (Lipinski definition) is 2. The number of amides is 1. The topological polar surface area (TPSA) is 82.5 Å². The molecule has 1 aromatic heterocycles. The first-order valence-electron chi connectivity index (χ1n) is 6.41. The highest BCUT2D eigenvalue weighted by Gasteiger charge is 2.31. The van der Waals surface area contributed by atoms with Gasteiger partial charge in [0.2, 0.25) is 5.91 Å². The third kappa shape index (κ3) is 2.71. The quantitative estimate of drug-likeness (QED) is 0.864. The predicted octanol–water partition coefficient (Wildman–Crippen LogP) is 1.02. The molecule has 7 heteroatoms. The minimum absolute atomic E-state index is 0.146. The summed E-state index contributed by atoms with van der Waals surface area (Å²) >= 11 is 0. The van der Waals surface area contributed by atoms with Crippen molar-refractivity contribution >= 4 is 17.7 Å². The molecule has 1 amide bonds. The van der Waals surface area contributed by atoms with Crippen molar-refractivity contribution in [2.75, 3.05) is 18.5 Å². The number of carboxylic acid groups (broad SMARTS) is 1. The minimum atomic E-state index is -1.26. The van der Waals surface area contributed by atoms with Crippen LogP contribution in [0.2, 0.25) is 0 Å². The zero-order chi connectivity index (χ0) is 14.7. The molecule has 0 radical (unpaired) electrons. The lowest BCUT2D eigenvalue weighted by molar-refractivity contribution is -0.122. The molecule has 1 aromatic rings. The molecule has 1 aliphatic heterocycles. The summed E-state index contributed by atoms with van der Waals surface area (Å²) in [6.45, 7) is 0.525.